The molecule has 0 aromatic heterocycles. The molecule has 0 radical (unpaired) electrons. The molecule has 7 unspecified atom stereocenters. The second-order valence-corrected chi connectivity index (χ2v) is 20.5. The summed E-state index contributed by atoms with van der Waals surface area (Å²) in [6.07, 6.45) is 27.8. The van der Waals surface area contributed by atoms with Crippen LogP contribution in [0.5, 0.6) is 0 Å². The molecule has 4 aliphatic carbocycles. The number of nitrogens with two attached hydrogens (primary N) is 3. The Morgan fingerprint density at radius 2 is 1.40 bits per heavy atom. The third kappa shape index (κ3) is 17.9. The van der Waals surface area contributed by atoms with Crippen molar-refractivity contribution in [2.75, 3.05) is 45.6 Å². The molecule has 12 N–H and O–H groups in total. The molecule has 2 saturated heterocycles. The summed E-state index contributed by atoms with van der Waals surface area (Å²) in [5, 5.41) is 28.1. The van der Waals surface area contributed by atoms with Crippen molar-refractivity contribution in [3.63, 3.8) is 0 Å². The summed E-state index contributed by atoms with van der Waals surface area (Å²) in [6, 6.07) is 0.443. The number of fused-ring (bicyclic) bond motifs is 6. The first-order valence-electron chi connectivity index (χ1n) is 24.2. The van der Waals surface area contributed by atoms with Crippen LogP contribution in [0, 0.1) is 59.2 Å². The van der Waals surface area contributed by atoms with E-state index in [4.69, 9.17) is 27.4 Å². The second-order valence-electron chi connectivity index (χ2n) is 19.2. The molecule has 6 rings (SSSR count). The van der Waals surface area contributed by atoms with Crippen molar-refractivity contribution in [1.29, 1.82) is 0 Å². The van der Waals surface area contributed by atoms with Crippen molar-refractivity contribution in [1.82, 2.24) is 21.3 Å². The van der Waals surface area contributed by atoms with E-state index in [0.717, 1.165) is 61.0 Å². The highest BCUT2D eigenvalue weighted by atomic mass is 32.2. The first kappa shape index (κ1) is 57.5. The molecular weight excluding hydrogens is 851 g/mol. The van der Waals surface area contributed by atoms with Crippen molar-refractivity contribution in [2.24, 2.45) is 63.5 Å². The summed E-state index contributed by atoms with van der Waals surface area (Å²) in [4.78, 5) is 65.7. The van der Waals surface area contributed by atoms with Crippen LogP contribution in [0.25, 0.3) is 0 Å². The van der Waals surface area contributed by atoms with Gasteiger partial charge in [0, 0.05) is 56.6 Å². The maximum atomic E-state index is 12.7. The molecule has 6 aliphatic rings. The van der Waals surface area contributed by atoms with Crippen LogP contribution in [-0.2, 0) is 28.7 Å². The minimum absolute atomic E-state index is 0.0458. The lowest BCUT2D eigenvalue weighted by Gasteiger charge is -2.61. The highest BCUT2D eigenvalue weighted by molar-refractivity contribution is 8.00. The van der Waals surface area contributed by atoms with Crippen LogP contribution in [0.2, 0.25) is 0 Å². The number of carboxylic acids is 2. The van der Waals surface area contributed by atoms with E-state index in [1.807, 2.05) is 11.8 Å². The number of urea groups is 1. The van der Waals surface area contributed by atoms with Crippen LogP contribution in [0.3, 0.4) is 0 Å². The number of carbonyl (C=O) groups excluding carboxylic acids is 4. The second kappa shape index (κ2) is 29.9. The lowest BCUT2D eigenvalue weighted by Crippen LogP contribution is -2.53. The predicted molar refractivity (Wildman–Crippen MR) is 256 cm³/mol. The van der Waals surface area contributed by atoms with Gasteiger partial charge in [-0.2, -0.15) is 11.8 Å². The largest absolute Gasteiger partial charge is 0.481 e. The molecule has 6 fully saturated rings. The number of amides is 4. The van der Waals surface area contributed by atoms with Gasteiger partial charge in [-0.3, -0.25) is 24.0 Å². The number of terminal acetylenes is 1. The van der Waals surface area contributed by atoms with E-state index in [-0.39, 0.29) is 61.8 Å². The highest BCUT2D eigenvalue weighted by Crippen LogP contribution is 2.68. The number of methoxy groups -OCH3 is 1. The zero-order chi connectivity index (χ0) is 48.6. The number of ether oxygens (including phenoxy) is 1. The zero-order valence-corrected chi connectivity index (χ0v) is 40.7. The topological polar surface area (TPSA) is 278 Å². The third-order valence-corrected chi connectivity index (χ3v) is 16.8. The first-order chi connectivity index (χ1) is 31.0. The number of aliphatic carboxylic acids is 2. The number of hydrogen-bond acceptors (Lipinski definition) is 11. The van der Waals surface area contributed by atoms with E-state index in [9.17, 15) is 28.8 Å². The molecule has 0 aromatic rings. The lowest BCUT2D eigenvalue weighted by molar-refractivity contribution is -0.140. The van der Waals surface area contributed by atoms with Crippen molar-refractivity contribution in [3.05, 3.63) is 0 Å². The van der Waals surface area contributed by atoms with E-state index >= 15 is 0 Å². The molecule has 372 valence electrons. The molecule has 0 aromatic carbocycles. The SMILES string of the molecule is C#C.COC(=O)CCN.C[C@H](CCC(=O)NCCNC(=O)CCCC[C@@H]1SCC2NC(=O)NC21)C1CCC2C3CCC4CCCC[C@]4(C)C3CC[C@@]21C.NCCC(=O)O.NCCC(=O)O. The molecule has 0 bridgehead atoms. The number of unbranched alkanes of at least 4 members (excludes halogenated alkanes) is 1. The maximum Gasteiger partial charge on any atom is 0.315 e. The fourth-order valence-electron chi connectivity index (χ4n) is 12.2. The molecule has 4 saturated carbocycles. The van der Waals surface area contributed by atoms with Gasteiger partial charge in [0.05, 0.1) is 38.5 Å². The monoisotopic (exact) mass is 936 g/mol. The Labute approximate surface area is 393 Å². The van der Waals surface area contributed by atoms with Gasteiger partial charge in [-0.25, -0.2) is 4.79 Å². The highest BCUT2D eigenvalue weighted by Gasteiger charge is 2.60. The summed E-state index contributed by atoms with van der Waals surface area (Å²) >= 11 is 1.92. The van der Waals surface area contributed by atoms with Gasteiger partial charge in [0.15, 0.2) is 0 Å². The summed E-state index contributed by atoms with van der Waals surface area (Å²) in [7, 11) is 1.35. The van der Waals surface area contributed by atoms with Crippen molar-refractivity contribution in [3.8, 4) is 12.8 Å². The van der Waals surface area contributed by atoms with Crippen molar-refractivity contribution >= 4 is 47.5 Å². The summed E-state index contributed by atoms with van der Waals surface area (Å²) in [5.74, 6) is 4.36. The number of nitrogens with one attached hydrogen (secondary N) is 4. The Morgan fingerprint density at radius 1 is 0.785 bits per heavy atom. The van der Waals surface area contributed by atoms with Gasteiger partial charge in [0.2, 0.25) is 11.8 Å². The molecule has 0 spiro atoms. The van der Waals surface area contributed by atoms with Crippen LogP contribution in [0.1, 0.15) is 143 Å². The fraction of sp³-hybridized carbons (Fsp3) is 0.833. The molecule has 11 atom stereocenters. The van der Waals surface area contributed by atoms with Crippen LogP contribution in [-0.4, -0.2) is 109 Å². The molecular formula is C48H85N7O9S. The Balaban J connectivity index is 0.000000577. The van der Waals surface area contributed by atoms with Gasteiger partial charge in [-0.1, -0.05) is 40.0 Å². The summed E-state index contributed by atoms with van der Waals surface area (Å²) < 4.78 is 4.27. The standard InChI is InChI=1S/C36H60N4O3S.C4H9NO2.2C3H7NO2.C2H2/c1-23(26-14-15-27-25-13-12-24-8-6-7-18-35(24,2)28(25)17-19-36(26,27)3)11-16-32(42)38-21-20-37-31(41)10-5-4-9-30-33-29(22-44-30)39-34(43)40-33;1-7-4(6)2-3-5;2*4-2-1-3(5)6;1-2/h23-30,33H,4-22H2,1-3H3,(H,37,41)(H,38,42)(H2,39,40,43);2-3,5H2,1H3;2*1-2,4H2,(H,5,6);1-2H/t23-,24?,25?,26?,27?,28?,29?,30+,33?,35+,36-;;;;/m1..../s1. The average molecular weight is 936 g/mol. The van der Waals surface area contributed by atoms with Gasteiger partial charge >= 0.3 is 23.9 Å². The minimum atomic E-state index is -0.836. The lowest BCUT2D eigenvalue weighted by atomic mass is 9.44. The van der Waals surface area contributed by atoms with Crippen molar-refractivity contribution < 1.29 is 43.7 Å². The number of hydrogen-bond donors (Lipinski definition) is 9. The van der Waals surface area contributed by atoms with Crippen LogP contribution >= 0.6 is 11.8 Å². The van der Waals surface area contributed by atoms with Gasteiger partial charge < -0.3 is 53.4 Å². The van der Waals surface area contributed by atoms with Gasteiger partial charge in [-0.15, -0.1) is 12.8 Å². The molecule has 17 heteroatoms. The minimum Gasteiger partial charge on any atom is -0.481 e. The van der Waals surface area contributed by atoms with Crippen LogP contribution in [0.4, 0.5) is 4.79 Å². The maximum absolute atomic E-state index is 12.7. The van der Waals surface area contributed by atoms with Gasteiger partial charge in [-0.05, 0) is 117 Å². The third-order valence-electron chi connectivity index (χ3n) is 15.3. The van der Waals surface area contributed by atoms with Crippen LogP contribution < -0.4 is 38.5 Å². The fourth-order valence-corrected chi connectivity index (χ4v) is 13.7. The van der Waals surface area contributed by atoms with E-state index in [0.29, 0.717) is 60.9 Å². The molecule has 65 heavy (non-hydrogen) atoms. The molecule has 16 nitrogen and oxygen atoms in total. The number of thioether (sulfide) groups is 1. The summed E-state index contributed by atoms with van der Waals surface area (Å²) in [5.41, 5.74) is 15.8. The van der Waals surface area contributed by atoms with Gasteiger partial charge in [0.25, 0.3) is 0 Å². The quantitative estimate of drug-likeness (QED) is 0.0379. The van der Waals surface area contributed by atoms with E-state index in [1.165, 1.54) is 71.3 Å². The average Bonchev–Trinajstić information content (AvgIpc) is 3.95. The Kier molecular flexibility index (Phi) is 26.5. The number of carboxylic acid groups (broad SMARTS) is 2. The number of esters is 1. The number of carbonyl (C=O) groups is 6. The Morgan fingerprint density at radius 3 is 1.97 bits per heavy atom. The zero-order valence-electron chi connectivity index (χ0n) is 39.9. The smallest absolute Gasteiger partial charge is 0.315 e. The predicted octanol–water partition coefficient (Wildman–Crippen LogP) is 5.01. The van der Waals surface area contributed by atoms with Crippen molar-refractivity contribution in [2.45, 2.75) is 160 Å². The number of rotatable bonds is 18. The molecule has 2 aliphatic heterocycles. The Hall–Kier alpha value is -3.59. The van der Waals surface area contributed by atoms with E-state index in [2.05, 4.69) is 59.6 Å². The van der Waals surface area contributed by atoms with E-state index in [1.54, 1.807) is 0 Å². The summed E-state index contributed by atoms with van der Waals surface area (Å²) in [6.45, 7) is 9.55. The van der Waals surface area contributed by atoms with E-state index < -0.39 is 11.9 Å². The molecule has 4 amide bonds. The van der Waals surface area contributed by atoms with Crippen LogP contribution in [0.15, 0.2) is 0 Å². The Bertz CT molecular complexity index is 1510. The van der Waals surface area contributed by atoms with Gasteiger partial charge in [0.1, 0.15) is 0 Å². The normalized spacial score (nSPS) is 30.4. The molecule has 2 heterocycles. The first-order valence-corrected chi connectivity index (χ1v) is 25.2.